The molecule has 0 aliphatic carbocycles. The molecule has 1 fully saturated rings. The van der Waals surface area contributed by atoms with Crippen LogP contribution in [0.4, 0.5) is 0 Å². The first kappa shape index (κ1) is 11.0. The molecule has 3 heteroatoms. The minimum Gasteiger partial charge on any atom is -0.493 e. The van der Waals surface area contributed by atoms with Crippen molar-refractivity contribution >= 4 is 6.08 Å². The average molecular weight is 220 g/mol. The lowest BCUT2D eigenvalue weighted by molar-refractivity contribution is 0.252. The highest BCUT2D eigenvalue weighted by atomic mass is 16.6. The van der Waals surface area contributed by atoms with E-state index in [1.54, 1.807) is 7.11 Å². The van der Waals surface area contributed by atoms with Gasteiger partial charge in [-0.25, -0.2) is 0 Å². The largest absolute Gasteiger partial charge is 0.493 e. The minimum atomic E-state index is 0.259. The molecule has 0 N–H and O–H groups in total. The predicted octanol–water partition coefficient (Wildman–Crippen LogP) is 2.51. The Balaban J connectivity index is 2.12. The summed E-state index contributed by atoms with van der Waals surface area (Å²) in [5.41, 5.74) is 1.11. The molecule has 1 unspecified atom stereocenters. The molecule has 0 radical (unpaired) electrons. The first-order valence-corrected chi connectivity index (χ1v) is 5.38. The van der Waals surface area contributed by atoms with E-state index in [1.807, 2.05) is 37.3 Å². The summed E-state index contributed by atoms with van der Waals surface area (Å²) in [6.45, 7) is 3.38. The zero-order chi connectivity index (χ0) is 11.4. The number of ether oxygens (including phenoxy) is 3. The highest BCUT2D eigenvalue weighted by Crippen LogP contribution is 2.29. The van der Waals surface area contributed by atoms with Crippen molar-refractivity contribution in [2.24, 2.45) is 0 Å². The minimum absolute atomic E-state index is 0.259. The van der Waals surface area contributed by atoms with E-state index in [1.165, 1.54) is 0 Å². The van der Waals surface area contributed by atoms with Crippen LogP contribution in [0.2, 0.25) is 0 Å². The third-order valence-corrected chi connectivity index (χ3v) is 2.37. The highest BCUT2D eigenvalue weighted by Gasteiger charge is 2.23. The van der Waals surface area contributed by atoms with Crippen molar-refractivity contribution < 1.29 is 14.2 Å². The molecule has 3 nitrogen and oxygen atoms in total. The van der Waals surface area contributed by atoms with Crippen LogP contribution in [0.15, 0.2) is 24.3 Å². The molecule has 0 aromatic heterocycles. The van der Waals surface area contributed by atoms with Crippen molar-refractivity contribution in [3.05, 3.63) is 29.8 Å². The van der Waals surface area contributed by atoms with E-state index >= 15 is 0 Å². The van der Waals surface area contributed by atoms with Gasteiger partial charge in [0.1, 0.15) is 12.7 Å². The number of hydrogen-bond donors (Lipinski definition) is 0. The summed E-state index contributed by atoms with van der Waals surface area (Å²) >= 11 is 0. The fourth-order valence-electron chi connectivity index (χ4n) is 1.45. The molecule has 16 heavy (non-hydrogen) atoms. The summed E-state index contributed by atoms with van der Waals surface area (Å²) in [5.74, 6) is 1.53. The van der Waals surface area contributed by atoms with Gasteiger partial charge in [0.15, 0.2) is 11.5 Å². The van der Waals surface area contributed by atoms with Gasteiger partial charge in [0.05, 0.1) is 13.7 Å². The number of epoxide rings is 1. The van der Waals surface area contributed by atoms with E-state index in [2.05, 4.69) is 0 Å². The monoisotopic (exact) mass is 220 g/mol. The van der Waals surface area contributed by atoms with Gasteiger partial charge in [-0.15, -0.1) is 0 Å². The fourth-order valence-corrected chi connectivity index (χ4v) is 1.45. The molecule has 2 rings (SSSR count). The zero-order valence-corrected chi connectivity index (χ0v) is 9.60. The van der Waals surface area contributed by atoms with Gasteiger partial charge in [-0.05, 0) is 24.6 Å². The van der Waals surface area contributed by atoms with Crippen LogP contribution in [0.5, 0.6) is 11.5 Å². The van der Waals surface area contributed by atoms with Gasteiger partial charge >= 0.3 is 0 Å². The molecule has 1 aromatic carbocycles. The van der Waals surface area contributed by atoms with Gasteiger partial charge < -0.3 is 14.2 Å². The summed E-state index contributed by atoms with van der Waals surface area (Å²) in [4.78, 5) is 0. The number of benzene rings is 1. The maximum absolute atomic E-state index is 5.66. The molecule has 1 aliphatic heterocycles. The van der Waals surface area contributed by atoms with Crippen molar-refractivity contribution in [1.29, 1.82) is 0 Å². The molecule has 0 bridgehead atoms. The second kappa shape index (κ2) is 5.03. The van der Waals surface area contributed by atoms with Gasteiger partial charge in [-0.1, -0.05) is 18.2 Å². The van der Waals surface area contributed by atoms with Crippen LogP contribution >= 0.6 is 0 Å². The molecule has 1 aromatic rings. The van der Waals surface area contributed by atoms with Crippen LogP contribution in [0, 0.1) is 0 Å². The van der Waals surface area contributed by atoms with Crippen molar-refractivity contribution in [1.82, 2.24) is 0 Å². The van der Waals surface area contributed by atoms with Crippen LogP contribution in [0.25, 0.3) is 6.08 Å². The zero-order valence-electron chi connectivity index (χ0n) is 9.60. The number of allylic oxidation sites excluding steroid dienone is 1. The molecule has 1 atom stereocenters. The van der Waals surface area contributed by atoms with Crippen molar-refractivity contribution in [3.8, 4) is 11.5 Å². The lowest BCUT2D eigenvalue weighted by Gasteiger charge is -2.10. The quantitative estimate of drug-likeness (QED) is 0.714. The maximum atomic E-state index is 5.66. The second-order valence-corrected chi connectivity index (χ2v) is 3.68. The molecule has 0 spiro atoms. The third kappa shape index (κ3) is 2.76. The SMILES string of the molecule is CC=Cc1ccc(OC)c(OCC2CO2)c1. The van der Waals surface area contributed by atoms with Crippen LogP contribution in [-0.4, -0.2) is 26.4 Å². The Bertz CT molecular complexity index is 381. The molecule has 1 saturated heterocycles. The Morgan fingerprint density at radius 3 is 2.88 bits per heavy atom. The first-order chi connectivity index (χ1) is 7.83. The molecule has 0 saturated carbocycles. The lowest BCUT2D eigenvalue weighted by Crippen LogP contribution is -2.05. The lowest BCUT2D eigenvalue weighted by atomic mass is 10.2. The van der Waals surface area contributed by atoms with E-state index in [4.69, 9.17) is 14.2 Å². The maximum Gasteiger partial charge on any atom is 0.161 e. The van der Waals surface area contributed by atoms with E-state index in [9.17, 15) is 0 Å². The Labute approximate surface area is 95.6 Å². The molecule has 0 amide bonds. The number of methoxy groups -OCH3 is 1. The van der Waals surface area contributed by atoms with E-state index < -0.39 is 0 Å². The molecule has 1 heterocycles. The van der Waals surface area contributed by atoms with Crippen molar-refractivity contribution in [2.45, 2.75) is 13.0 Å². The predicted molar refractivity (Wildman–Crippen MR) is 62.9 cm³/mol. The van der Waals surface area contributed by atoms with Crippen LogP contribution in [0.1, 0.15) is 12.5 Å². The summed E-state index contributed by atoms with van der Waals surface area (Å²) in [7, 11) is 1.64. The number of rotatable bonds is 5. The summed E-state index contributed by atoms with van der Waals surface area (Å²) in [6.07, 6.45) is 4.28. The second-order valence-electron chi connectivity index (χ2n) is 3.68. The molecular formula is C13H16O3. The van der Waals surface area contributed by atoms with Crippen LogP contribution in [-0.2, 0) is 4.74 Å². The Morgan fingerprint density at radius 2 is 2.25 bits per heavy atom. The van der Waals surface area contributed by atoms with Gasteiger partial charge in [0.2, 0.25) is 0 Å². The number of hydrogen-bond acceptors (Lipinski definition) is 3. The summed E-state index contributed by atoms with van der Waals surface area (Å²) < 4.78 is 16.0. The van der Waals surface area contributed by atoms with Crippen LogP contribution < -0.4 is 9.47 Å². The summed E-state index contributed by atoms with van der Waals surface area (Å²) in [6, 6.07) is 5.89. The van der Waals surface area contributed by atoms with Crippen molar-refractivity contribution in [2.75, 3.05) is 20.3 Å². The topological polar surface area (TPSA) is 31.0 Å². The highest BCUT2D eigenvalue weighted by molar-refractivity contribution is 5.55. The Hall–Kier alpha value is -1.48. The molecule has 1 aliphatic rings. The smallest absolute Gasteiger partial charge is 0.161 e. The third-order valence-electron chi connectivity index (χ3n) is 2.37. The van der Waals surface area contributed by atoms with Gasteiger partial charge in [0, 0.05) is 0 Å². The van der Waals surface area contributed by atoms with Gasteiger partial charge in [0.25, 0.3) is 0 Å². The van der Waals surface area contributed by atoms with Gasteiger partial charge in [-0.3, -0.25) is 0 Å². The average Bonchev–Trinajstić information content (AvgIpc) is 3.11. The standard InChI is InChI=1S/C13H16O3/c1-3-4-10-5-6-12(14-2)13(7-10)16-9-11-8-15-11/h3-7,11H,8-9H2,1-2H3. The van der Waals surface area contributed by atoms with E-state index in [0.717, 1.165) is 23.7 Å². The Morgan fingerprint density at radius 1 is 1.44 bits per heavy atom. The van der Waals surface area contributed by atoms with Crippen LogP contribution in [0.3, 0.4) is 0 Å². The Kier molecular flexibility index (Phi) is 3.47. The normalized spacial score (nSPS) is 18.8. The van der Waals surface area contributed by atoms with Gasteiger partial charge in [-0.2, -0.15) is 0 Å². The first-order valence-electron chi connectivity index (χ1n) is 5.38. The fraction of sp³-hybridized carbons (Fsp3) is 0.385. The van der Waals surface area contributed by atoms with E-state index in [0.29, 0.717) is 6.61 Å². The van der Waals surface area contributed by atoms with Crippen molar-refractivity contribution in [3.63, 3.8) is 0 Å². The van der Waals surface area contributed by atoms with E-state index in [-0.39, 0.29) is 6.10 Å². The molecular weight excluding hydrogens is 204 g/mol. The molecule has 86 valence electrons. The summed E-state index contributed by atoms with van der Waals surface area (Å²) in [5, 5.41) is 0.